The van der Waals surface area contributed by atoms with Crippen molar-refractivity contribution in [1.29, 1.82) is 0 Å². The van der Waals surface area contributed by atoms with Crippen molar-refractivity contribution in [2.45, 2.75) is 6.92 Å². The summed E-state index contributed by atoms with van der Waals surface area (Å²) in [6.07, 6.45) is 1.60. The zero-order chi connectivity index (χ0) is 16.8. The van der Waals surface area contributed by atoms with E-state index in [-0.39, 0.29) is 17.7 Å². The Balaban J connectivity index is 2.04. The van der Waals surface area contributed by atoms with Gasteiger partial charge in [0, 0.05) is 50.8 Å². The van der Waals surface area contributed by atoms with Gasteiger partial charge in [0.2, 0.25) is 5.91 Å². The fraction of sp³-hybridized carbons (Fsp3) is 0.353. The second-order valence-corrected chi connectivity index (χ2v) is 5.38. The SMILES string of the molecule is C=CCNC(=O)c1cccc(C(=O)N2CCN(C(C)=O)CC2)c1. The lowest BCUT2D eigenvalue weighted by Gasteiger charge is -2.34. The van der Waals surface area contributed by atoms with Crippen LogP contribution in [0.1, 0.15) is 27.6 Å². The van der Waals surface area contributed by atoms with E-state index in [4.69, 9.17) is 0 Å². The highest BCUT2D eigenvalue weighted by molar-refractivity contribution is 5.99. The minimum absolute atomic E-state index is 0.0259. The minimum atomic E-state index is -0.235. The van der Waals surface area contributed by atoms with E-state index in [2.05, 4.69) is 11.9 Å². The Morgan fingerprint density at radius 1 is 1.13 bits per heavy atom. The molecule has 1 aliphatic rings. The highest BCUT2D eigenvalue weighted by Crippen LogP contribution is 2.11. The van der Waals surface area contributed by atoms with Gasteiger partial charge in [0.05, 0.1) is 0 Å². The molecule has 0 bridgehead atoms. The molecule has 0 unspecified atom stereocenters. The van der Waals surface area contributed by atoms with Crippen LogP contribution >= 0.6 is 0 Å². The van der Waals surface area contributed by atoms with Crippen LogP contribution in [-0.2, 0) is 4.79 Å². The second kappa shape index (κ2) is 7.58. The van der Waals surface area contributed by atoms with Gasteiger partial charge in [0.15, 0.2) is 0 Å². The highest BCUT2D eigenvalue weighted by Gasteiger charge is 2.23. The summed E-state index contributed by atoms with van der Waals surface area (Å²) in [4.78, 5) is 39.2. The summed E-state index contributed by atoms with van der Waals surface area (Å²) in [5, 5.41) is 2.69. The number of rotatable bonds is 4. The summed E-state index contributed by atoms with van der Waals surface area (Å²) in [6, 6.07) is 6.66. The van der Waals surface area contributed by atoms with Crippen LogP contribution in [0.4, 0.5) is 0 Å². The third kappa shape index (κ3) is 4.18. The summed E-state index contributed by atoms with van der Waals surface area (Å²) < 4.78 is 0. The van der Waals surface area contributed by atoms with Gasteiger partial charge in [-0.2, -0.15) is 0 Å². The molecule has 0 radical (unpaired) electrons. The van der Waals surface area contributed by atoms with Gasteiger partial charge in [-0.3, -0.25) is 14.4 Å². The van der Waals surface area contributed by atoms with Crippen molar-refractivity contribution < 1.29 is 14.4 Å². The number of carbonyl (C=O) groups excluding carboxylic acids is 3. The molecule has 1 saturated heterocycles. The number of hydrogen-bond donors (Lipinski definition) is 1. The molecule has 0 saturated carbocycles. The first-order chi connectivity index (χ1) is 11.0. The predicted molar refractivity (Wildman–Crippen MR) is 87.1 cm³/mol. The van der Waals surface area contributed by atoms with Crippen molar-refractivity contribution in [3.63, 3.8) is 0 Å². The maximum absolute atomic E-state index is 12.5. The Morgan fingerprint density at radius 3 is 2.35 bits per heavy atom. The molecule has 3 amide bonds. The average Bonchev–Trinajstić information content (AvgIpc) is 2.59. The smallest absolute Gasteiger partial charge is 0.253 e. The average molecular weight is 315 g/mol. The number of benzene rings is 1. The van der Waals surface area contributed by atoms with Crippen molar-refractivity contribution in [2.24, 2.45) is 0 Å². The lowest BCUT2D eigenvalue weighted by atomic mass is 10.1. The maximum atomic E-state index is 12.5. The van der Waals surface area contributed by atoms with Gasteiger partial charge < -0.3 is 15.1 Å². The molecular weight excluding hydrogens is 294 g/mol. The first-order valence-corrected chi connectivity index (χ1v) is 7.57. The van der Waals surface area contributed by atoms with Gasteiger partial charge in [-0.1, -0.05) is 12.1 Å². The maximum Gasteiger partial charge on any atom is 0.253 e. The predicted octanol–water partition coefficient (Wildman–Crippen LogP) is 0.907. The molecule has 1 aliphatic heterocycles. The molecule has 1 fully saturated rings. The zero-order valence-corrected chi connectivity index (χ0v) is 13.2. The summed E-state index contributed by atoms with van der Waals surface area (Å²) in [6.45, 7) is 7.55. The molecular formula is C17H21N3O3. The van der Waals surface area contributed by atoms with E-state index in [1.165, 1.54) is 6.92 Å². The highest BCUT2D eigenvalue weighted by atomic mass is 16.2. The van der Waals surface area contributed by atoms with Gasteiger partial charge >= 0.3 is 0 Å². The van der Waals surface area contributed by atoms with Crippen molar-refractivity contribution in [1.82, 2.24) is 15.1 Å². The van der Waals surface area contributed by atoms with Crippen LogP contribution in [0.2, 0.25) is 0 Å². The fourth-order valence-corrected chi connectivity index (χ4v) is 2.47. The van der Waals surface area contributed by atoms with E-state index in [0.717, 1.165) is 0 Å². The number of hydrogen-bond acceptors (Lipinski definition) is 3. The van der Waals surface area contributed by atoms with Crippen LogP contribution in [0.3, 0.4) is 0 Å². The van der Waals surface area contributed by atoms with Crippen molar-refractivity contribution in [2.75, 3.05) is 32.7 Å². The van der Waals surface area contributed by atoms with E-state index in [0.29, 0.717) is 43.9 Å². The Hall–Kier alpha value is -2.63. The molecule has 1 aromatic carbocycles. The Morgan fingerprint density at radius 2 is 1.74 bits per heavy atom. The van der Waals surface area contributed by atoms with Crippen LogP contribution in [0.5, 0.6) is 0 Å². The lowest BCUT2D eigenvalue weighted by molar-refractivity contribution is -0.130. The van der Waals surface area contributed by atoms with Crippen molar-refractivity contribution in [3.8, 4) is 0 Å². The number of piperazine rings is 1. The van der Waals surface area contributed by atoms with Crippen LogP contribution in [-0.4, -0.2) is 60.2 Å². The zero-order valence-electron chi connectivity index (χ0n) is 13.2. The molecule has 0 spiro atoms. The lowest BCUT2D eigenvalue weighted by Crippen LogP contribution is -2.50. The molecule has 23 heavy (non-hydrogen) atoms. The molecule has 0 aromatic heterocycles. The monoisotopic (exact) mass is 315 g/mol. The molecule has 0 atom stereocenters. The van der Waals surface area contributed by atoms with E-state index >= 15 is 0 Å². The van der Waals surface area contributed by atoms with Crippen LogP contribution < -0.4 is 5.32 Å². The first kappa shape index (κ1) is 16.7. The van der Waals surface area contributed by atoms with Gasteiger partial charge in [-0.05, 0) is 18.2 Å². The fourth-order valence-electron chi connectivity index (χ4n) is 2.47. The topological polar surface area (TPSA) is 69.7 Å². The molecule has 1 aromatic rings. The Bertz CT molecular complexity index is 619. The van der Waals surface area contributed by atoms with Crippen LogP contribution in [0.15, 0.2) is 36.9 Å². The van der Waals surface area contributed by atoms with E-state index in [1.54, 1.807) is 40.1 Å². The normalized spacial score (nSPS) is 14.3. The summed E-state index contributed by atoms with van der Waals surface area (Å²) in [5.41, 5.74) is 0.924. The molecule has 2 rings (SSSR count). The first-order valence-electron chi connectivity index (χ1n) is 7.57. The molecule has 1 N–H and O–H groups in total. The number of amides is 3. The standard InChI is InChI=1S/C17H21N3O3/c1-3-7-18-16(22)14-5-4-6-15(12-14)17(23)20-10-8-19(9-11-20)13(2)21/h3-6,12H,1,7-11H2,2H3,(H,18,22). The quantitative estimate of drug-likeness (QED) is 0.840. The minimum Gasteiger partial charge on any atom is -0.349 e. The number of nitrogens with one attached hydrogen (secondary N) is 1. The van der Waals surface area contributed by atoms with Crippen LogP contribution in [0, 0.1) is 0 Å². The van der Waals surface area contributed by atoms with Gasteiger partial charge in [0.25, 0.3) is 11.8 Å². The Kier molecular flexibility index (Phi) is 5.51. The molecule has 6 heteroatoms. The summed E-state index contributed by atoms with van der Waals surface area (Å²) in [7, 11) is 0. The molecule has 1 heterocycles. The summed E-state index contributed by atoms with van der Waals surface area (Å²) >= 11 is 0. The molecule has 122 valence electrons. The van der Waals surface area contributed by atoms with E-state index in [1.807, 2.05) is 0 Å². The largest absolute Gasteiger partial charge is 0.349 e. The van der Waals surface area contributed by atoms with Crippen molar-refractivity contribution in [3.05, 3.63) is 48.0 Å². The van der Waals surface area contributed by atoms with E-state index in [9.17, 15) is 14.4 Å². The second-order valence-electron chi connectivity index (χ2n) is 5.38. The number of carbonyl (C=O) groups is 3. The van der Waals surface area contributed by atoms with Gasteiger partial charge in [-0.25, -0.2) is 0 Å². The van der Waals surface area contributed by atoms with Crippen molar-refractivity contribution >= 4 is 17.7 Å². The van der Waals surface area contributed by atoms with Gasteiger partial charge in [-0.15, -0.1) is 6.58 Å². The third-order valence-electron chi connectivity index (χ3n) is 3.79. The number of nitrogens with zero attached hydrogens (tertiary/aromatic N) is 2. The third-order valence-corrected chi connectivity index (χ3v) is 3.79. The molecule has 6 nitrogen and oxygen atoms in total. The van der Waals surface area contributed by atoms with E-state index < -0.39 is 0 Å². The summed E-state index contributed by atoms with van der Waals surface area (Å²) in [5.74, 6) is -0.328. The van der Waals surface area contributed by atoms with Crippen LogP contribution in [0.25, 0.3) is 0 Å². The van der Waals surface area contributed by atoms with Gasteiger partial charge in [0.1, 0.15) is 0 Å². The Labute approximate surface area is 135 Å². The molecule has 0 aliphatic carbocycles.